The van der Waals surface area contributed by atoms with Gasteiger partial charge in [-0.2, -0.15) is 5.10 Å². The molecule has 0 aromatic carbocycles. The fraction of sp³-hybridized carbons (Fsp3) is 0.429. The third-order valence-corrected chi connectivity index (χ3v) is 7.15. The summed E-state index contributed by atoms with van der Waals surface area (Å²) in [6.45, 7) is 3.69. The number of imidazole rings is 1. The molecule has 160 valence electrons. The van der Waals surface area contributed by atoms with Crippen molar-refractivity contribution in [2.24, 2.45) is 0 Å². The molecule has 2 bridgehead atoms. The van der Waals surface area contributed by atoms with Crippen LogP contribution in [0.4, 0.5) is 0 Å². The molecule has 0 spiro atoms. The van der Waals surface area contributed by atoms with Gasteiger partial charge in [-0.25, -0.2) is 14.5 Å². The Kier molecular flexibility index (Phi) is 4.34. The Labute approximate surface area is 181 Å². The molecule has 0 radical (unpaired) electrons. The molecule has 2 atom stereocenters. The number of morpholine rings is 1. The average Bonchev–Trinajstić information content (AvgIpc) is 3.35. The number of thiazole rings is 1. The smallest absolute Gasteiger partial charge is 0.259 e. The molecule has 6 heterocycles. The van der Waals surface area contributed by atoms with Crippen molar-refractivity contribution < 1.29 is 9.47 Å². The molecule has 2 saturated heterocycles. The van der Waals surface area contributed by atoms with Crippen molar-refractivity contribution in [3.63, 3.8) is 0 Å². The van der Waals surface area contributed by atoms with E-state index in [4.69, 9.17) is 14.5 Å². The van der Waals surface area contributed by atoms with Crippen LogP contribution in [0, 0.1) is 6.92 Å². The molecule has 2 aliphatic rings. The first-order chi connectivity index (χ1) is 15.1. The third kappa shape index (κ3) is 3.22. The lowest BCUT2D eigenvalue weighted by atomic mass is 9.89. The van der Waals surface area contributed by atoms with Gasteiger partial charge in [-0.3, -0.25) is 9.20 Å². The molecule has 0 saturated carbocycles. The summed E-state index contributed by atoms with van der Waals surface area (Å²) in [4.78, 5) is 24.0. The lowest BCUT2D eigenvalue weighted by Gasteiger charge is -2.39. The minimum absolute atomic E-state index is 0.112. The molecule has 2 fully saturated rings. The van der Waals surface area contributed by atoms with Crippen LogP contribution in [0.2, 0.25) is 0 Å². The normalized spacial score (nSPS) is 23.5. The first-order valence-electron chi connectivity index (χ1n) is 10.4. The predicted octanol–water partition coefficient (Wildman–Crippen LogP) is 2.02. The van der Waals surface area contributed by atoms with Gasteiger partial charge in [0.1, 0.15) is 5.69 Å². The van der Waals surface area contributed by atoms with Gasteiger partial charge in [0, 0.05) is 36.3 Å². The van der Waals surface area contributed by atoms with Crippen molar-refractivity contribution in [2.75, 3.05) is 20.2 Å². The van der Waals surface area contributed by atoms with Crippen molar-refractivity contribution in [2.45, 2.75) is 37.9 Å². The number of hydrogen-bond acceptors (Lipinski definition) is 8. The Morgan fingerprint density at radius 3 is 2.74 bits per heavy atom. The van der Waals surface area contributed by atoms with Crippen molar-refractivity contribution >= 4 is 21.9 Å². The number of nitrogens with zero attached hydrogens (tertiary/aromatic N) is 5. The highest BCUT2D eigenvalue weighted by Gasteiger charge is 2.34. The van der Waals surface area contributed by atoms with Crippen LogP contribution in [-0.2, 0) is 4.74 Å². The van der Waals surface area contributed by atoms with E-state index in [2.05, 4.69) is 15.4 Å². The first-order valence-corrected chi connectivity index (χ1v) is 11.2. The Morgan fingerprint density at radius 1 is 1.16 bits per heavy atom. The quantitative estimate of drug-likeness (QED) is 0.523. The summed E-state index contributed by atoms with van der Waals surface area (Å²) in [7, 11) is 1.60. The van der Waals surface area contributed by atoms with Crippen molar-refractivity contribution in [3.8, 4) is 17.1 Å². The Bertz CT molecular complexity index is 1350. The third-order valence-electron chi connectivity index (χ3n) is 6.01. The molecule has 6 rings (SSSR count). The molecule has 31 heavy (non-hydrogen) atoms. The first kappa shape index (κ1) is 18.9. The standard InChI is InChI=1S/C21H22N6O3S/c1-11-9-27-20(23-11)17(29-2)5-16(25-27)15-6-19(28)26-10-18(31-21(26)24-15)12-3-13-7-22-8-14(4-12)30-13/h5-6,9-10,12-14,22H,3-4,7-8H2,1-2H3. The molecular formula is C21H22N6O3S. The fourth-order valence-corrected chi connectivity index (χ4v) is 5.71. The maximum Gasteiger partial charge on any atom is 0.259 e. The summed E-state index contributed by atoms with van der Waals surface area (Å²) in [5.74, 6) is 0.984. The van der Waals surface area contributed by atoms with E-state index >= 15 is 0 Å². The van der Waals surface area contributed by atoms with Crippen LogP contribution >= 0.6 is 11.3 Å². The van der Waals surface area contributed by atoms with Gasteiger partial charge in [0.25, 0.3) is 5.56 Å². The number of aryl methyl sites for hydroxylation is 1. The fourth-order valence-electron chi connectivity index (χ4n) is 4.59. The summed E-state index contributed by atoms with van der Waals surface area (Å²) >= 11 is 1.58. The molecule has 9 nitrogen and oxygen atoms in total. The van der Waals surface area contributed by atoms with Crippen LogP contribution in [0.5, 0.6) is 5.75 Å². The minimum atomic E-state index is -0.112. The molecule has 4 aromatic heterocycles. The van der Waals surface area contributed by atoms with E-state index in [9.17, 15) is 4.79 Å². The number of nitrogens with one attached hydrogen (secondary N) is 1. The number of rotatable bonds is 3. The zero-order valence-electron chi connectivity index (χ0n) is 17.2. The maximum atomic E-state index is 12.9. The molecule has 4 aromatic rings. The number of hydrogen-bond donors (Lipinski definition) is 1. The SMILES string of the molecule is COc1cc(-c2cc(=O)n3cc(C4CC5CNCC(C4)O5)sc3n2)nn2cc(C)nc12. The van der Waals surface area contributed by atoms with Gasteiger partial charge in [0.05, 0.1) is 36.9 Å². The molecular weight excluding hydrogens is 416 g/mol. The minimum Gasteiger partial charge on any atom is -0.493 e. The number of fused-ring (bicyclic) bond motifs is 4. The van der Waals surface area contributed by atoms with Crippen LogP contribution < -0.4 is 15.6 Å². The van der Waals surface area contributed by atoms with E-state index in [1.165, 1.54) is 10.9 Å². The molecule has 0 aliphatic carbocycles. The van der Waals surface area contributed by atoms with Gasteiger partial charge >= 0.3 is 0 Å². The monoisotopic (exact) mass is 438 g/mol. The van der Waals surface area contributed by atoms with E-state index < -0.39 is 0 Å². The van der Waals surface area contributed by atoms with E-state index in [1.807, 2.05) is 19.3 Å². The zero-order chi connectivity index (χ0) is 21.1. The van der Waals surface area contributed by atoms with Gasteiger partial charge in [0.15, 0.2) is 16.4 Å². The summed E-state index contributed by atoms with van der Waals surface area (Å²) in [5.41, 5.74) is 2.46. The van der Waals surface area contributed by atoms with Gasteiger partial charge in [-0.15, -0.1) is 11.3 Å². The van der Waals surface area contributed by atoms with Crippen molar-refractivity contribution in [1.29, 1.82) is 0 Å². The van der Waals surface area contributed by atoms with Gasteiger partial charge in [-0.1, -0.05) is 0 Å². The van der Waals surface area contributed by atoms with E-state index in [1.54, 1.807) is 33.4 Å². The topological polar surface area (TPSA) is 95.0 Å². The maximum absolute atomic E-state index is 12.9. The predicted molar refractivity (Wildman–Crippen MR) is 116 cm³/mol. The van der Waals surface area contributed by atoms with Crippen LogP contribution in [0.25, 0.3) is 22.0 Å². The van der Waals surface area contributed by atoms with E-state index in [0.29, 0.717) is 33.7 Å². The van der Waals surface area contributed by atoms with Crippen LogP contribution in [0.15, 0.2) is 29.3 Å². The van der Waals surface area contributed by atoms with E-state index in [0.717, 1.165) is 31.6 Å². The molecule has 2 aliphatic heterocycles. The largest absolute Gasteiger partial charge is 0.493 e. The molecule has 2 unspecified atom stereocenters. The lowest BCUT2D eigenvalue weighted by Crippen LogP contribution is -2.49. The molecule has 0 amide bonds. The summed E-state index contributed by atoms with van der Waals surface area (Å²) in [5, 5.41) is 8.03. The van der Waals surface area contributed by atoms with Gasteiger partial charge < -0.3 is 14.8 Å². The summed E-state index contributed by atoms with van der Waals surface area (Å²) in [6.07, 6.45) is 6.19. The highest BCUT2D eigenvalue weighted by atomic mass is 32.1. The van der Waals surface area contributed by atoms with Crippen LogP contribution in [-0.4, -0.2) is 56.4 Å². The van der Waals surface area contributed by atoms with Gasteiger partial charge in [0.2, 0.25) is 0 Å². The highest BCUT2D eigenvalue weighted by Crippen LogP contribution is 2.37. The molecule has 10 heteroatoms. The second-order valence-corrected chi connectivity index (χ2v) is 9.26. The second kappa shape index (κ2) is 7.11. The summed E-state index contributed by atoms with van der Waals surface area (Å²) < 4.78 is 14.8. The van der Waals surface area contributed by atoms with Crippen LogP contribution in [0.3, 0.4) is 0 Å². The Balaban J connectivity index is 1.42. The Hall–Kier alpha value is -2.82. The summed E-state index contributed by atoms with van der Waals surface area (Å²) in [6, 6.07) is 3.31. The van der Waals surface area contributed by atoms with Crippen LogP contribution in [0.1, 0.15) is 29.3 Å². The number of ether oxygens (including phenoxy) is 2. The second-order valence-electron chi connectivity index (χ2n) is 8.22. The number of aromatic nitrogens is 5. The highest BCUT2D eigenvalue weighted by molar-refractivity contribution is 7.17. The number of methoxy groups -OCH3 is 1. The van der Waals surface area contributed by atoms with E-state index in [-0.39, 0.29) is 17.8 Å². The van der Waals surface area contributed by atoms with Crippen molar-refractivity contribution in [1.82, 2.24) is 29.3 Å². The van der Waals surface area contributed by atoms with Gasteiger partial charge in [-0.05, 0) is 25.7 Å². The molecule has 1 N–H and O–H groups in total. The Morgan fingerprint density at radius 2 is 1.97 bits per heavy atom. The zero-order valence-corrected chi connectivity index (χ0v) is 18.1. The lowest BCUT2D eigenvalue weighted by molar-refractivity contribution is -0.0777. The average molecular weight is 439 g/mol. The van der Waals surface area contributed by atoms with Crippen molar-refractivity contribution in [3.05, 3.63) is 45.5 Å².